The first-order valence-electron chi connectivity index (χ1n) is 18.3. The standard InChI is InChI=1S/C52H30S/c1-2-13-32-30-49-47(28-31(32)12-1)46-29-33(24-27-48(46)53-49)50-39-18-7-9-20-41(39)52(42-21-10-8-19-40(42)50)45-26-25-44-37-17-6-4-15-35(37)34-14-3-5-16-36(34)38-22-11-23-43(45)51(38)44/h1-30H. The molecule has 0 aliphatic heterocycles. The third-order valence-electron chi connectivity index (χ3n) is 11.6. The van der Waals surface area contributed by atoms with Crippen molar-refractivity contribution in [2.75, 3.05) is 0 Å². The first-order chi connectivity index (χ1) is 26.3. The fraction of sp³-hybridized carbons (Fsp3) is 0. The monoisotopic (exact) mass is 686 g/mol. The zero-order valence-corrected chi connectivity index (χ0v) is 29.5. The first-order valence-corrected chi connectivity index (χ1v) is 19.2. The summed E-state index contributed by atoms with van der Waals surface area (Å²) < 4.78 is 2.66. The number of hydrogen-bond donors (Lipinski definition) is 0. The molecule has 1 aliphatic carbocycles. The second-order valence-corrected chi connectivity index (χ2v) is 15.4. The van der Waals surface area contributed by atoms with E-state index in [-0.39, 0.29) is 0 Å². The van der Waals surface area contributed by atoms with Gasteiger partial charge in [0.2, 0.25) is 0 Å². The SMILES string of the molecule is c1ccc2c(c1)-c1ccccc1-c1ccc(-c3c4ccccc4c(-c4ccc5sc6cc7ccccc7cc6c5c4)c4ccccc34)c3cccc-2c13. The van der Waals surface area contributed by atoms with Gasteiger partial charge in [0.15, 0.2) is 0 Å². The molecule has 0 radical (unpaired) electrons. The van der Waals surface area contributed by atoms with E-state index in [1.165, 1.54) is 119 Å². The van der Waals surface area contributed by atoms with Gasteiger partial charge in [-0.3, -0.25) is 0 Å². The van der Waals surface area contributed by atoms with Crippen LogP contribution in [0.15, 0.2) is 182 Å². The van der Waals surface area contributed by atoms with Gasteiger partial charge in [-0.1, -0.05) is 158 Å². The summed E-state index contributed by atoms with van der Waals surface area (Å²) in [4.78, 5) is 0. The lowest BCUT2D eigenvalue weighted by molar-refractivity contribution is 1.62. The number of thiophene rings is 1. The third-order valence-corrected chi connectivity index (χ3v) is 12.7. The predicted octanol–water partition coefficient (Wildman–Crippen LogP) is 15.3. The lowest BCUT2D eigenvalue weighted by Gasteiger charge is -2.20. The molecule has 53 heavy (non-hydrogen) atoms. The number of hydrogen-bond acceptors (Lipinski definition) is 1. The van der Waals surface area contributed by atoms with Crippen molar-refractivity contribution in [2.24, 2.45) is 0 Å². The van der Waals surface area contributed by atoms with Crippen LogP contribution in [0.25, 0.3) is 119 Å². The third kappa shape index (κ3) is 4.11. The second-order valence-electron chi connectivity index (χ2n) is 14.3. The molecule has 0 spiro atoms. The van der Waals surface area contributed by atoms with Crippen LogP contribution in [0.4, 0.5) is 0 Å². The molecule has 10 aromatic carbocycles. The maximum absolute atomic E-state index is 2.44. The van der Waals surface area contributed by atoms with E-state index in [4.69, 9.17) is 0 Å². The smallest absolute Gasteiger partial charge is 0.0361 e. The quantitative estimate of drug-likeness (QED) is 0.159. The maximum Gasteiger partial charge on any atom is 0.0361 e. The summed E-state index contributed by atoms with van der Waals surface area (Å²) in [5.41, 5.74) is 12.9. The Labute approximate surface area is 310 Å². The van der Waals surface area contributed by atoms with Crippen molar-refractivity contribution in [1.82, 2.24) is 0 Å². The Hall–Kier alpha value is -6.54. The van der Waals surface area contributed by atoms with Crippen molar-refractivity contribution in [3.8, 4) is 55.6 Å². The average molecular weight is 687 g/mol. The summed E-state index contributed by atoms with van der Waals surface area (Å²) in [5.74, 6) is 0. The Morgan fingerprint density at radius 2 is 0.736 bits per heavy atom. The van der Waals surface area contributed by atoms with Crippen LogP contribution in [-0.4, -0.2) is 0 Å². The molecular formula is C52H30S. The van der Waals surface area contributed by atoms with Crippen LogP contribution in [0.1, 0.15) is 0 Å². The molecule has 1 heterocycles. The second kappa shape index (κ2) is 11.0. The molecule has 0 unspecified atom stereocenters. The van der Waals surface area contributed by atoms with Gasteiger partial charge in [0, 0.05) is 20.2 Å². The predicted molar refractivity (Wildman–Crippen MR) is 230 cm³/mol. The van der Waals surface area contributed by atoms with Gasteiger partial charge in [-0.05, 0) is 123 Å². The van der Waals surface area contributed by atoms with Gasteiger partial charge in [-0.15, -0.1) is 11.3 Å². The van der Waals surface area contributed by atoms with Gasteiger partial charge in [0.05, 0.1) is 0 Å². The van der Waals surface area contributed by atoms with E-state index < -0.39 is 0 Å². The van der Waals surface area contributed by atoms with E-state index in [2.05, 4.69) is 182 Å². The highest BCUT2D eigenvalue weighted by atomic mass is 32.1. The molecule has 0 saturated carbocycles. The van der Waals surface area contributed by atoms with Crippen LogP contribution in [-0.2, 0) is 0 Å². The molecule has 0 bridgehead atoms. The van der Waals surface area contributed by atoms with E-state index in [1.54, 1.807) is 0 Å². The van der Waals surface area contributed by atoms with Crippen LogP contribution < -0.4 is 0 Å². The van der Waals surface area contributed by atoms with E-state index >= 15 is 0 Å². The Kier molecular flexibility index (Phi) is 6.03. The molecule has 0 saturated heterocycles. The topological polar surface area (TPSA) is 0 Å². The molecule has 1 heteroatoms. The molecule has 244 valence electrons. The molecule has 0 N–H and O–H groups in total. The zero-order chi connectivity index (χ0) is 34.6. The van der Waals surface area contributed by atoms with Gasteiger partial charge in [0.25, 0.3) is 0 Å². The molecular weight excluding hydrogens is 657 g/mol. The Morgan fingerprint density at radius 3 is 1.40 bits per heavy atom. The van der Waals surface area contributed by atoms with Crippen molar-refractivity contribution in [1.29, 1.82) is 0 Å². The minimum absolute atomic E-state index is 1.26. The summed E-state index contributed by atoms with van der Waals surface area (Å²) >= 11 is 1.89. The minimum atomic E-state index is 1.26. The van der Waals surface area contributed by atoms with E-state index in [0.717, 1.165) is 0 Å². The summed E-state index contributed by atoms with van der Waals surface area (Å²) in [7, 11) is 0. The number of fused-ring (bicyclic) bond motifs is 11. The lowest BCUT2D eigenvalue weighted by atomic mass is 9.83. The summed E-state index contributed by atoms with van der Waals surface area (Å²) in [6.07, 6.45) is 0. The summed E-state index contributed by atoms with van der Waals surface area (Å²) in [5, 5.41) is 12.9. The highest BCUT2D eigenvalue weighted by molar-refractivity contribution is 7.25. The fourth-order valence-electron chi connectivity index (χ4n) is 9.33. The van der Waals surface area contributed by atoms with E-state index in [1.807, 2.05) is 11.3 Å². The Balaban J connectivity index is 1.16. The zero-order valence-electron chi connectivity index (χ0n) is 28.7. The minimum Gasteiger partial charge on any atom is -0.135 e. The van der Waals surface area contributed by atoms with Crippen molar-refractivity contribution >= 4 is 74.6 Å². The Morgan fingerprint density at radius 1 is 0.264 bits per heavy atom. The van der Waals surface area contributed by atoms with Crippen LogP contribution >= 0.6 is 11.3 Å². The van der Waals surface area contributed by atoms with Crippen LogP contribution in [0.2, 0.25) is 0 Å². The van der Waals surface area contributed by atoms with Crippen molar-refractivity contribution in [3.05, 3.63) is 182 Å². The molecule has 0 atom stereocenters. The molecule has 0 fully saturated rings. The van der Waals surface area contributed by atoms with Gasteiger partial charge in [0.1, 0.15) is 0 Å². The fourth-order valence-corrected chi connectivity index (χ4v) is 10.4. The molecule has 11 aromatic rings. The molecule has 1 aliphatic rings. The highest BCUT2D eigenvalue weighted by Crippen LogP contribution is 2.52. The van der Waals surface area contributed by atoms with Gasteiger partial charge in [-0.2, -0.15) is 0 Å². The van der Waals surface area contributed by atoms with E-state index in [9.17, 15) is 0 Å². The molecule has 0 amide bonds. The van der Waals surface area contributed by atoms with E-state index in [0.29, 0.717) is 0 Å². The summed E-state index contributed by atoms with van der Waals surface area (Å²) in [6, 6.07) is 68.1. The maximum atomic E-state index is 2.44. The van der Waals surface area contributed by atoms with Crippen molar-refractivity contribution < 1.29 is 0 Å². The molecule has 12 rings (SSSR count). The molecule has 1 aromatic heterocycles. The van der Waals surface area contributed by atoms with Crippen LogP contribution in [0.5, 0.6) is 0 Å². The number of rotatable bonds is 2. The van der Waals surface area contributed by atoms with Crippen LogP contribution in [0, 0.1) is 0 Å². The number of benzene rings is 10. The normalized spacial score (nSPS) is 12.2. The van der Waals surface area contributed by atoms with Crippen LogP contribution in [0.3, 0.4) is 0 Å². The van der Waals surface area contributed by atoms with Crippen molar-refractivity contribution in [3.63, 3.8) is 0 Å². The van der Waals surface area contributed by atoms with Gasteiger partial charge >= 0.3 is 0 Å². The van der Waals surface area contributed by atoms with Crippen molar-refractivity contribution in [2.45, 2.75) is 0 Å². The molecule has 0 nitrogen and oxygen atoms in total. The van der Waals surface area contributed by atoms with Gasteiger partial charge in [-0.25, -0.2) is 0 Å². The Bertz CT molecular complexity index is 3230. The van der Waals surface area contributed by atoms with Gasteiger partial charge < -0.3 is 0 Å². The lowest BCUT2D eigenvalue weighted by Crippen LogP contribution is -1.93. The average Bonchev–Trinajstić information content (AvgIpc) is 3.52. The largest absolute Gasteiger partial charge is 0.135 e. The highest BCUT2D eigenvalue weighted by Gasteiger charge is 2.24. The first kappa shape index (κ1) is 29.1. The summed E-state index contributed by atoms with van der Waals surface area (Å²) in [6.45, 7) is 0.